The van der Waals surface area contributed by atoms with E-state index in [1.165, 1.54) is 47.6 Å². The molecule has 0 fully saturated rings. The largest absolute Gasteiger partial charge is 0.479 e. The Morgan fingerprint density at radius 2 is 1.86 bits per heavy atom. The number of nitrogens with zero attached hydrogens (tertiary/aromatic N) is 3. The highest BCUT2D eigenvalue weighted by atomic mass is 19.4. The number of amides is 1. The first-order valence-electron chi connectivity index (χ1n) is 8.18. The molecule has 0 aliphatic rings. The molecule has 0 aliphatic heterocycles. The molecule has 0 bridgehead atoms. The van der Waals surface area contributed by atoms with Crippen LogP contribution in [0.1, 0.15) is 29.9 Å². The van der Waals surface area contributed by atoms with Crippen molar-refractivity contribution in [1.29, 1.82) is 0 Å². The molecule has 28 heavy (non-hydrogen) atoms. The summed E-state index contributed by atoms with van der Waals surface area (Å²) in [5, 5.41) is 16.0. The average molecular weight is 394 g/mol. The lowest BCUT2D eigenvalue weighted by molar-refractivity contribution is -0.146. The Kier molecular flexibility index (Phi) is 4.44. The van der Waals surface area contributed by atoms with Gasteiger partial charge < -0.3 is 15.0 Å². The second-order valence-corrected chi connectivity index (χ2v) is 6.85. The molecule has 0 atom stereocenters. The molecule has 2 N–H and O–H groups in total. The number of carboxylic acid groups (broad SMARTS) is 1. The van der Waals surface area contributed by atoms with Crippen molar-refractivity contribution in [3.8, 4) is 0 Å². The van der Waals surface area contributed by atoms with E-state index in [4.69, 9.17) is 0 Å². The summed E-state index contributed by atoms with van der Waals surface area (Å²) in [7, 11) is 1.57. The molecule has 2 heterocycles. The summed E-state index contributed by atoms with van der Waals surface area (Å²) in [6.07, 6.45) is -1.80. The molecule has 0 aliphatic carbocycles. The predicted octanol–water partition coefficient (Wildman–Crippen LogP) is 3.47. The predicted molar refractivity (Wildman–Crippen MR) is 95.1 cm³/mol. The van der Waals surface area contributed by atoms with Gasteiger partial charge in [-0.1, -0.05) is 0 Å². The van der Waals surface area contributed by atoms with Crippen LogP contribution in [0.2, 0.25) is 0 Å². The van der Waals surface area contributed by atoms with Gasteiger partial charge in [-0.15, -0.1) is 0 Å². The van der Waals surface area contributed by atoms with Crippen LogP contribution in [-0.4, -0.2) is 31.3 Å². The molecular formula is C18H17F3N4O3. The Labute approximate surface area is 157 Å². The average Bonchev–Trinajstić information content (AvgIpc) is 3.19. The first-order valence-corrected chi connectivity index (χ1v) is 8.18. The Balaban J connectivity index is 1.89. The Morgan fingerprint density at radius 3 is 2.46 bits per heavy atom. The molecule has 0 radical (unpaired) electrons. The van der Waals surface area contributed by atoms with Gasteiger partial charge in [0.05, 0.1) is 17.4 Å². The fourth-order valence-corrected chi connectivity index (χ4v) is 2.73. The van der Waals surface area contributed by atoms with E-state index in [0.29, 0.717) is 5.52 Å². The van der Waals surface area contributed by atoms with Crippen molar-refractivity contribution in [2.75, 3.05) is 5.32 Å². The monoisotopic (exact) mass is 394 g/mol. The van der Waals surface area contributed by atoms with Crippen LogP contribution in [-0.2, 0) is 23.6 Å². The van der Waals surface area contributed by atoms with Gasteiger partial charge in [-0.05, 0) is 38.1 Å². The lowest BCUT2D eigenvalue weighted by Crippen LogP contribution is -2.35. The van der Waals surface area contributed by atoms with Crippen molar-refractivity contribution in [2.24, 2.45) is 7.05 Å². The maximum absolute atomic E-state index is 12.9. The number of carbonyl (C=O) groups is 2. The maximum Gasteiger partial charge on any atom is 0.416 e. The molecule has 2 aromatic heterocycles. The summed E-state index contributed by atoms with van der Waals surface area (Å²) in [5.74, 6) is -1.65. The molecule has 3 rings (SSSR count). The van der Waals surface area contributed by atoms with E-state index in [9.17, 15) is 27.9 Å². The second kappa shape index (κ2) is 6.39. The van der Waals surface area contributed by atoms with Gasteiger partial charge in [-0.25, -0.2) is 4.79 Å². The highest BCUT2D eigenvalue weighted by Crippen LogP contribution is 2.32. The van der Waals surface area contributed by atoms with Crippen LogP contribution in [0.3, 0.4) is 0 Å². The number of hydrogen-bond donors (Lipinski definition) is 2. The van der Waals surface area contributed by atoms with E-state index < -0.39 is 29.2 Å². The van der Waals surface area contributed by atoms with Crippen molar-refractivity contribution in [1.82, 2.24) is 14.3 Å². The highest BCUT2D eigenvalue weighted by molar-refractivity contribution is 6.06. The molecule has 148 valence electrons. The second-order valence-electron chi connectivity index (χ2n) is 6.85. The van der Waals surface area contributed by atoms with Crippen molar-refractivity contribution in [3.05, 3.63) is 47.9 Å². The number of benzene rings is 1. The first-order chi connectivity index (χ1) is 12.9. The number of aromatic nitrogens is 3. The van der Waals surface area contributed by atoms with E-state index in [2.05, 4.69) is 10.4 Å². The number of aliphatic carboxylic acids is 1. The molecule has 0 saturated carbocycles. The van der Waals surface area contributed by atoms with Gasteiger partial charge in [0.2, 0.25) is 0 Å². The highest BCUT2D eigenvalue weighted by Gasteiger charge is 2.31. The van der Waals surface area contributed by atoms with Crippen LogP contribution >= 0.6 is 0 Å². The van der Waals surface area contributed by atoms with Crippen molar-refractivity contribution in [3.63, 3.8) is 0 Å². The van der Waals surface area contributed by atoms with E-state index >= 15 is 0 Å². The van der Waals surface area contributed by atoms with E-state index in [-0.39, 0.29) is 16.8 Å². The fourth-order valence-electron chi connectivity index (χ4n) is 2.73. The topological polar surface area (TPSA) is 89.2 Å². The van der Waals surface area contributed by atoms with Gasteiger partial charge in [-0.2, -0.15) is 18.3 Å². The summed E-state index contributed by atoms with van der Waals surface area (Å²) >= 11 is 0. The molecule has 1 amide bonds. The third kappa shape index (κ3) is 3.32. The standard InChI is InChI=1S/C18H17F3N4O3/c1-17(2,16(27)28)25-9-12(8-22-25)23-15(26)14-7-10-6-11(18(19,20)21)4-5-13(10)24(14)3/h4-9H,1-3H3,(H,23,26)(H,27,28). The maximum atomic E-state index is 12.9. The van der Waals surface area contributed by atoms with Crippen LogP contribution in [0.4, 0.5) is 18.9 Å². The van der Waals surface area contributed by atoms with E-state index in [0.717, 1.165) is 12.1 Å². The Morgan fingerprint density at radius 1 is 1.18 bits per heavy atom. The van der Waals surface area contributed by atoms with Crippen molar-refractivity contribution in [2.45, 2.75) is 25.6 Å². The number of nitrogens with one attached hydrogen (secondary N) is 1. The van der Waals surface area contributed by atoms with Crippen LogP contribution in [0.5, 0.6) is 0 Å². The number of fused-ring (bicyclic) bond motifs is 1. The van der Waals surface area contributed by atoms with Gasteiger partial charge in [0, 0.05) is 24.1 Å². The number of hydrogen-bond acceptors (Lipinski definition) is 3. The Bertz CT molecular complexity index is 1080. The summed E-state index contributed by atoms with van der Waals surface area (Å²) in [6.45, 7) is 2.91. The molecule has 3 aromatic rings. The SMILES string of the molecule is Cn1c(C(=O)Nc2cnn(C(C)(C)C(=O)O)c2)cc2cc(C(F)(F)F)ccc21. The molecule has 0 unspecified atom stereocenters. The zero-order chi connectivity index (χ0) is 20.9. The fraction of sp³-hybridized carbons (Fsp3) is 0.278. The normalized spacial score (nSPS) is 12.4. The number of carbonyl (C=O) groups excluding carboxylic acids is 1. The third-order valence-corrected chi connectivity index (χ3v) is 4.54. The van der Waals surface area contributed by atoms with E-state index in [1.54, 1.807) is 7.05 Å². The number of aryl methyl sites for hydroxylation is 1. The minimum absolute atomic E-state index is 0.152. The lowest BCUT2D eigenvalue weighted by atomic mass is 10.1. The quantitative estimate of drug-likeness (QED) is 0.709. The summed E-state index contributed by atoms with van der Waals surface area (Å²) in [5.41, 5.74) is -1.22. The zero-order valence-corrected chi connectivity index (χ0v) is 15.2. The lowest BCUT2D eigenvalue weighted by Gasteiger charge is -2.19. The minimum Gasteiger partial charge on any atom is -0.479 e. The molecule has 1 aromatic carbocycles. The van der Waals surface area contributed by atoms with Gasteiger partial charge in [-0.3, -0.25) is 9.48 Å². The summed E-state index contributed by atoms with van der Waals surface area (Å²) in [4.78, 5) is 23.9. The molecular weight excluding hydrogens is 377 g/mol. The number of halogens is 3. The van der Waals surface area contributed by atoms with Crippen LogP contribution in [0, 0.1) is 0 Å². The van der Waals surface area contributed by atoms with Crippen LogP contribution in [0.25, 0.3) is 10.9 Å². The van der Waals surface area contributed by atoms with Crippen LogP contribution < -0.4 is 5.32 Å². The molecule has 0 spiro atoms. The van der Waals surface area contributed by atoms with Gasteiger partial charge in [0.25, 0.3) is 5.91 Å². The molecule has 0 saturated heterocycles. The number of anilines is 1. The Hall–Kier alpha value is -3.30. The molecule has 10 heteroatoms. The van der Waals surface area contributed by atoms with Gasteiger partial charge >= 0.3 is 12.1 Å². The number of carboxylic acids is 1. The van der Waals surface area contributed by atoms with Crippen molar-refractivity contribution >= 4 is 28.5 Å². The van der Waals surface area contributed by atoms with Gasteiger partial charge in [0.1, 0.15) is 5.69 Å². The number of rotatable bonds is 4. The van der Waals surface area contributed by atoms with E-state index in [1.807, 2.05) is 0 Å². The zero-order valence-electron chi connectivity index (χ0n) is 15.2. The molecule has 7 nitrogen and oxygen atoms in total. The van der Waals surface area contributed by atoms with Gasteiger partial charge in [0.15, 0.2) is 5.54 Å². The van der Waals surface area contributed by atoms with Crippen molar-refractivity contribution < 1.29 is 27.9 Å². The minimum atomic E-state index is -4.47. The number of alkyl halides is 3. The summed E-state index contributed by atoms with van der Waals surface area (Å²) in [6, 6.07) is 4.62. The first kappa shape index (κ1) is 19.5. The van der Waals surface area contributed by atoms with Crippen LogP contribution in [0.15, 0.2) is 36.7 Å². The summed E-state index contributed by atoms with van der Waals surface area (Å²) < 4.78 is 41.3. The third-order valence-electron chi connectivity index (χ3n) is 4.54. The smallest absolute Gasteiger partial charge is 0.416 e.